The molecule has 7 nitrogen and oxygen atoms in total. The molecular formula is C18H18N4O3. The minimum absolute atomic E-state index is 0.255. The van der Waals surface area contributed by atoms with Gasteiger partial charge in [-0.25, -0.2) is 4.98 Å². The van der Waals surface area contributed by atoms with Crippen LogP contribution in [-0.2, 0) is 6.54 Å². The normalized spacial score (nSPS) is 10.3. The number of rotatable bonds is 6. The summed E-state index contributed by atoms with van der Waals surface area (Å²) in [5.41, 5.74) is 1.95. The van der Waals surface area contributed by atoms with Gasteiger partial charge in [-0.2, -0.15) is 0 Å². The molecule has 0 fully saturated rings. The van der Waals surface area contributed by atoms with Crippen LogP contribution in [0, 0.1) is 6.92 Å². The Morgan fingerprint density at radius 2 is 2.08 bits per heavy atom. The highest BCUT2D eigenvalue weighted by Gasteiger charge is 2.09. The summed E-state index contributed by atoms with van der Waals surface area (Å²) in [7, 11) is 1.60. The first-order valence-electron chi connectivity index (χ1n) is 7.72. The number of nitrogens with one attached hydrogen (secondary N) is 2. The van der Waals surface area contributed by atoms with E-state index in [1.165, 1.54) is 0 Å². The largest absolute Gasteiger partial charge is 0.496 e. The van der Waals surface area contributed by atoms with E-state index in [4.69, 9.17) is 9.26 Å². The van der Waals surface area contributed by atoms with E-state index in [1.54, 1.807) is 31.5 Å². The maximum atomic E-state index is 12.2. The Morgan fingerprint density at radius 1 is 1.24 bits per heavy atom. The van der Waals surface area contributed by atoms with Crippen LogP contribution in [0.4, 0.5) is 11.5 Å². The number of ether oxygens (including phenoxy) is 1. The Morgan fingerprint density at radius 3 is 2.76 bits per heavy atom. The first-order chi connectivity index (χ1) is 12.2. The SMILES string of the molecule is COc1ccccc1CNC(=O)c1ccc(Nc2cc(C)on2)cn1. The molecule has 3 aromatic rings. The number of aromatic nitrogens is 2. The average molecular weight is 338 g/mol. The van der Waals surface area contributed by atoms with Gasteiger partial charge in [-0.3, -0.25) is 4.79 Å². The number of methoxy groups -OCH3 is 1. The third kappa shape index (κ3) is 4.14. The summed E-state index contributed by atoms with van der Waals surface area (Å²) < 4.78 is 10.3. The van der Waals surface area contributed by atoms with Crippen molar-refractivity contribution in [3.05, 3.63) is 65.7 Å². The molecule has 0 saturated heterocycles. The van der Waals surface area contributed by atoms with Crippen LogP contribution in [0.15, 0.2) is 53.2 Å². The van der Waals surface area contributed by atoms with E-state index in [9.17, 15) is 4.79 Å². The summed E-state index contributed by atoms with van der Waals surface area (Å²) in [6.45, 7) is 2.17. The smallest absolute Gasteiger partial charge is 0.270 e. The number of anilines is 2. The summed E-state index contributed by atoms with van der Waals surface area (Å²) in [6, 6.07) is 12.7. The number of hydrogen-bond acceptors (Lipinski definition) is 6. The molecule has 3 rings (SSSR count). The highest BCUT2D eigenvalue weighted by molar-refractivity contribution is 5.92. The van der Waals surface area contributed by atoms with Gasteiger partial charge in [-0.05, 0) is 25.1 Å². The van der Waals surface area contributed by atoms with E-state index in [0.717, 1.165) is 17.0 Å². The number of hydrogen-bond donors (Lipinski definition) is 2. The molecule has 0 aliphatic carbocycles. The quantitative estimate of drug-likeness (QED) is 0.718. The summed E-state index contributed by atoms with van der Waals surface area (Å²) >= 11 is 0. The second kappa shape index (κ2) is 7.48. The predicted octanol–water partition coefficient (Wildman–Crippen LogP) is 3.06. The first kappa shape index (κ1) is 16.5. The van der Waals surface area contributed by atoms with Crippen molar-refractivity contribution in [3.63, 3.8) is 0 Å². The molecule has 0 atom stereocenters. The Hall–Kier alpha value is -3.35. The minimum atomic E-state index is -0.255. The highest BCUT2D eigenvalue weighted by Crippen LogP contribution is 2.17. The van der Waals surface area contributed by atoms with E-state index >= 15 is 0 Å². The fourth-order valence-electron chi connectivity index (χ4n) is 2.29. The topological polar surface area (TPSA) is 89.3 Å². The minimum Gasteiger partial charge on any atom is -0.496 e. The Kier molecular flexibility index (Phi) is 4.94. The molecule has 2 heterocycles. The molecule has 25 heavy (non-hydrogen) atoms. The second-order valence-corrected chi connectivity index (χ2v) is 5.37. The monoisotopic (exact) mass is 338 g/mol. The molecule has 0 saturated carbocycles. The van der Waals surface area contributed by atoms with Crippen LogP contribution < -0.4 is 15.4 Å². The maximum Gasteiger partial charge on any atom is 0.270 e. The third-order valence-corrected chi connectivity index (χ3v) is 3.53. The molecule has 1 amide bonds. The van der Waals surface area contributed by atoms with Gasteiger partial charge in [0.05, 0.1) is 19.0 Å². The lowest BCUT2D eigenvalue weighted by Gasteiger charge is -2.09. The van der Waals surface area contributed by atoms with Gasteiger partial charge in [0.1, 0.15) is 17.2 Å². The van der Waals surface area contributed by atoms with E-state index < -0.39 is 0 Å². The molecular weight excluding hydrogens is 320 g/mol. The van der Waals surface area contributed by atoms with Crippen LogP contribution in [-0.4, -0.2) is 23.2 Å². The third-order valence-electron chi connectivity index (χ3n) is 3.53. The molecule has 0 aliphatic heterocycles. The van der Waals surface area contributed by atoms with Gasteiger partial charge in [0.15, 0.2) is 5.82 Å². The number of nitrogens with zero attached hydrogens (tertiary/aromatic N) is 2. The zero-order valence-corrected chi connectivity index (χ0v) is 13.9. The number of carbonyl (C=O) groups excluding carboxylic acids is 1. The number of pyridine rings is 1. The molecule has 2 N–H and O–H groups in total. The maximum absolute atomic E-state index is 12.2. The Labute approximate surface area is 145 Å². The van der Waals surface area contributed by atoms with Crippen molar-refractivity contribution in [2.45, 2.75) is 13.5 Å². The van der Waals surface area contributed by atoms with E-state index in [-0.39, 0.29) is 5.91 Å². The Bertz CT molecular complexity index is 859. The van der Waals surface area contributed by atoms with Crippen LogP contribution in [0.5, 0.6) is 5.75 Å². The lowest BCUT2D eigenvalue weighted by atomic mass is 10.2. The van der Waals surface area contributed by atoms with Gasteiger partial charge in [-0.1, -0.05) is 23.4 Å². The van der Waals surface area contributed by atoms with Crippen molar-refractivity contribution in [1.82, 2.24) is 15.5 Å². The van der Waals surface area contributed by atoms with Gasteiger partial charge < -0.3 is 19.9 Å². The number of carbonyl (C=O) groups is 1. The zero-order valence-electron chi connectivity index (χ0n) is 13.9. The lowest BCUT2D eigenvalue weighted by molar-refractivity contribution is 0.0945. The van der Waals surface area contributed by atoms with Gasteiger partial charge in [-0.15, -0.1) is 0 Å². The summed E-state index contributed by atoms with van der Waals surface area (Å²) in [5, 5.41) is 9.72. The highest BCUT2D eigenvalue weighted by atomic mass is 16.5. The Balaban J connectivity index is 1.60. The number of aryl methyl sites for hydroxylation is 1. The van der Waals surface area contributed by atoms with Gasteiger partial charge in [0.2, 0.25) is 0 Å². The molecule has 128 valence electrons. The fourth-order valence-corrected chi connectivity index (χ4v) is 2.29. The zero-order chi connectivity index (χ0) is 17.6. The van der Waals surface area contributed by atoms with Crippen molar-refractivity contribution in [3.8, 4) is 5.75 Å². The molecule has 1 aromatic carbocycles. The summed E-state index contributed by atoms with van der Waals surface area (Å²) in [4.78, 5) is 16.4. The number of benzene rings is 1. The molecule has 0 unspecified atom stereocenters. The molecule has 2 aromatic heterocycles. The summed E-state index contributed by atoms with van der Waals surface area (Å²) in [6.07, 6.45) is 1.57. The molecule has 7 heteroatoms. The van der Waals surface area contributed by atoms with Gasteiger partial charge >= 0.3 is 0 Å². The van der Waals surface area contributed by atoms with E-state index in [2.05, 4.69) is 20.8 Å². The summed E-state index contributed by atoms with van der Waals surface area (Å²) in [5.74, 6) is 1.78. The van der Waals surface area contributed by atoms with Crippen molar-refractivity contribution in [2.24, 2.45) is 0 Å². The molecule has 0 bridgehead atoms. The predicted molar refractivity (Wildman–Crippen MR) is 92.9 cm³/mol. The van der Waals surface area contributed by atoms with Crippen LogP contribution in [0.2, 0.25) is 0 Å². The van der Waals surface area contributed by atoms with Crippen molar-refractivity contribution < 1.29 is 14.1 Å². The van der Waals surface area contributed by atoms with Crippen LogP contribution in [0.3, 0.4) is 0 Å². The first-order valence-corrected chi connectivity index (χ1v) is 7.72. The van der Waals surface area contributed by atoms with Gasteiger partial charge in [0, 0.05) is 18.2 Å². The van der Waals surface area contributed by atoms with Gasteiger partial charge in [0.25, 0.3) is 5.91 Å². The van der Waals surface area contributed by atoms with Crippen molar-refractivity contribution >= 4 is 17.4 Å². The van der Waals surface area contributed by atoms with Crippen LogP contribution in [0.25, 0.3) is 0 Å². The number of para-hydroxylation sites is 1. The molecule has 0 radical (unpaired) electrons. The average Bonchev–Trinajstić information content (AvgIpc) is 3.05. The fraction of sp³-hybridized carbons (Fsp3) is 0.167. The van der Waals surface area contributed by atoms with Crippen LogP contribution in [0.1, 0.15) is 21.8 Å². The van der Waals surface area contributed by atoms with Crippen molar-refractivity contribution in [1.29, 1.82) is 0 Å². The van der Waals surface area contributed by atoms with E-state index in [1.807, 2.05) is 31.2 Å². The standard InChI is InChI=1S/C18H18N4O3/c1-12-9-17(22-25-12)21-14-7-8-15(19-11-14)18(23)20-10-13-5-3-4-6-16(13)24-2/h3-9,11H,10H2,1-2H3,(H,20,23)(H,21,22). The number of amides is 1. The van der Waals surface area contributed by atoms with Crippen LogP contribution >= 0.6 is 0 Å². The molecule has 0 aliphatic rings. The van der Waals surface area contributed by atoms with Crippen molar-refractivity contribution in [2.75, 3.05) is 12.4 Å². The molecule has 0 spiro atoms. The lowest BCUT2D eigenvalue weighted by Crippen LogP contribution is -2.24. The van der Waals surface area contributed by atoms with E-state index in [0.29, 0.717) is 23.8 Å². The second-order valence-electron chi connectivity index (χ2n) is 5.37.